The fourth-order valence-corrected chi connectivity index (χ4v) is 6.40. The molecule has 1 aliphatic rings. The van der Waals surface area contributed by atoms with Crippen molar-refractivity contribution in [2.75, 3.05) is 11.5 Å². The standard InChI is InChI=1S/C25H23NO7S/c1-13-16-8-18-22(32-14(2)24(18)15-6-4-3-5-7-15)10-21(16)33-25(29)17(13)9-23(28)26-19-11-34(30,31)12-20(19)27/h3-8,10,19-20,27H,9,11-12H2,1-2H3,(H,26,28)/t19-,20+/m1/s1. The Labute approximate surface area is 195 Å². The van der Waals surface area contributed by atoms with Gasteiger partial charge in [-0.15, -0.1) is 0 Å². The summed E-state index contributed by atoms with van der Waals surface area (Å²) in [6.45, 7) is 3.63. The Hall–Kier alpha value is -3.43. The highest BCUT2D eigenvalue weighted by Crippen LogP contribution is 2.37. The second kappa shape index (κ2) is 8.11. The summed E-state index contributed by atoms with van der Waals surface area (Å²) in [4.78, 5) is 25.3. The van der Waals surface area contributed by atoms with Crippen molar-refractivity contribution < 1.29 is 27.2 Å². The molecule has 1 amide bonds. The number of aliphatic hydroxyl groups is 1. The number of aliphatic hydroxyl groups excluding tert-OH is 1. The van der Waals surface area contributed by atoms with Crippen molar-refractivity contribution in [3.05, 3.63) is 69.8 Å². The molecule has 0 unspecified atom stereocenters. The quantitative estimate of drug-likeness (QED) is 0.429. The summed E-state index contributed by atoms with van der Waals surface area (Å²) in [6.07, 6.45) is -1.46. The molecule has 4 aromatic rings. The van der Waals surface area contributed by atoms with E-state index in [-0.39, 0.29) is 23.5 Å². The highest BCUT2D eigenvalue weighted by molar-refractivity contribution is 7.91. The first-order valence-electron chi connectivity index (χ1n) is 10.9. The third-order valence-corrected chi connectivity index (χ3v) is 8.06. The molecule has 0 saturated carbocycles. The number of hydrogen-bond donors (Lipinski definition) is 2. The van der Waals surface area contributed by atoms with Crippen molar-refractivity contribution in [3.63, 3.8) is 0 Å². The van der Waals surface area contributed by atoms with Gasteiger partial charge in [-0.25, -0.2) is 13.2 Å². The molecule has 8 nitrogen and oxygen atoms in total. The van der Waals surface area contributed by atoms with Gasteiger partial charge in [0.1, 0.15) is 16.9 Å². The number of sulfone groups is 1. The molecule has 1 saturated heterocycles. The van der Waals surface area contributed by atoms with Crippen LogP contribution in [0.5, 0.6) is 0 Å². The number of benzene rings is 2. The molecular weight excluding hydrogens is 458 g/mol. The van der Waals surface area contributed by atoms with Crippen molar-refractivity contribution in [3.8, 4) is 11.1 Å². The summed E-state index contributed by atoms with van der Waals surface area (Å²) in [6, 6.07) is 12.5. The molecule has 0 aliphatic carbocycles. The van der Waals surface area contributed by atoms with Crippen LogP contribution < -0.4 is 10.9 Å². The molecule has 2 aromatic carbocycles. The number of amides is 1. The molecule has 0 radical (unpaired) electrons. The van der Waals surface area contributed by atoms with E-state index in [1.54, 1.807) is 13.0 Å². The van der Waals surface area contributed by atoms with Crippen LogP contribution in [0.25, 0.3) is 33.1 Å². The van der Waals surface area contributed by atoms with Gasteiger partial charge >= 0.3 is 5.63 Å². The maximum Gasteiger partial charge on any atom is 0.340 e. The molecule has 2 atom stereocenters. The molecule has 0 spiro atoms. The van der Waals surface area contributed by atoms with Crippen molar-refractivity contribution in [1.29, 1.82) is 0 Å². The van der Waals surface area contributed by atoms with Crippen molar-refractivity contribution >= 4 is 37.7 Å². The molecule has 5 rings (SSSR count). The summed E-state index contributed by atoms with van der Waals surface area (Å²) >= 11 is 0. The Bertz CT molecular complexity index is 1600. The Morgan fingerprint density at radius 1 is 1.06 bits per heavy atom. The van der Waals surface area contributed by atoms with Crippen LogP contribution in [0.4, 0.5) is 0 Å². The number of carbonyl (C=O) groups excluding carboxylic acids is 1. The largest absolute Gasteiger partial charge is 0.461 e. The van der Waals surface area contributed by atoms with Gasteiger partial charge in [-0.1, -0.05) is 30.3 Å². The van der Waals surface area contributed by atoms with Gasteiger partial charge < -0.3 is 19.3 Å². The van der Waals surface area contributed by atoms with Crippen LogP contribution in [0.2, 0.25) is 0 Å². The van der Waals surface area contributed by atoms with E-state index in [0.717, 1.165) is 22.3 Å². The third-order valence-electron chi connectivity index (χ3n) is 6.34. The van der Waals surface area contributed by atoms with Crippen molar-refractivity contribution in [1.82, 2.24) is 5.32 Å². The summed E-state index contributed by atoms with van der Waals surface area (Å²) in [5, 5.41) is 14.0. The predicted molar refractivity (Wildman–Crippen MR) is 127 cm³/mol. The van der Waals surface area contributed by atoms with E-state index < -0.39 is 33.5 Å². The number of nitrogens with one attached hydrogen (secondary N) is 1. The predicted octanol–water partition coefficient (Wildman–Crippen LogP) is 2.64. The Morgan fingerprint density at radius 3 is 2.44 bits per heavy atom. The summed E-state index contributed by atoms with van der Waals surface area (Å²) in [5.41, 5.74) is 3.02. The lowest BCUT2D eigenvalue weighted by atomic mass is 9.98. The van der Waals surface area contributed by atoms with E-state index in [2.05, 4.69) is 5.32 Å². The number of furan rings is 1. The van der Waals surface area contributed by atoms with Crippen LogP contribution in [0.3, 0.4) is 0 Å². The first kappa shape index (κ1) is 22.4. The van der Waals surface area contributed by atoms with Gasteiger partial charge in [0.2, 0.25) is 5.91 Å². The summed E-state index contributed by atoms with van der Waals surface area (Å²) in [7, 11) is -3.41. The highest BCUT2D eigenvalue weighted by atomic mass is 32.2. The van der Waals surface area contributed by atoms with Crippen LogP contribution in [0.15, 0.2) is 56.1 Å². The number of hydrogen-bond acceptors (Lipinski definition) is 7. The highest BCUT2D eigenvalue weighted by Gasteiger charge is 2.37. The first-order chi connectivity index (χ1) is 16.1. The smallest absolute Gasteiger partial charge is 0.340 e. The van der Waals surface area contributed by atoms with Gasteiger partial charge in [-0.3, -0.25) is 4.79 Å². The molecule has 3 heterocycles. The van der Waals surface area contributed by atoms with E-state index in [9.17, 15) is 23.1 Å². The lowest BCUT2D eigenvalue weighted by Crippen LogP contribution is -2.43. The normalized spacial score (nSPS) is 19.6. The van der Waals surface area contributed by atoms with E-state index in [1.807, 2.05) is 43.3 Å². The molecule has 9 heteroatoms. The number of fused-ring (bicyclic) bond motifs is 2. The topological polar surface area (TPSA) is 127 Å². The first-order valence-corrected chi connectivity index (χ1v) is 12.7. The lowest BCUT2D eigenvalue weighted by molar-refractivity contribution is -0.121. The minimum absolute atomic E-state index is 0.182. The molecule has 1 fully saturated rings. The van der Waals surface area contributed by atoms with Gasteiger partial charge in [-0.05, 0) is 31.0 Å². The van der Waals surface area contributed by atoms with Crippen LogP contribution in [0.1, 0.15) is 16.9 Å². The van der Waals surface area contributed by atoms with Crippen molar-refractivity contribution in [2.24, 2.45) is 0 Å². The molecule has 34 heavy (non-hydrogen) atoms. The minimum atomic E-state index is -3.41. The van der Waals surface area contributed by atoms with E-state index in [0.29, 0.717) is 22.1 Å². The van der Waals surface area contributed by atoms with Gasteiger partial charge in [0.25, 0.3) is 0 Å². The number of aryl methyl sites for hydroxylation is 2. The van der Waals surface area contributed by atoms with Crippen LogP contribution in [-0.4, -0.2) is 43.1 Å². The molecular formula is C25H23NO7S. The third kappa shape index (κ3) is 3.91. The Balaban J connectivity index is 1.54. The zero-order valence-corrected chi connectivity index (χ0v) is 19.4. The second-order valence-corrected chi connectivity index (χ2v) is 10.9. The van der Waals surface area contributed by atoms with E-state index >= 15 is 0 Å². The van der Waals surface area contributed by atoms with E-state index in [1.165, 1.54) is 0 Å². The fourth-order valence-electron chi connectivity index (χ4n) is 4.65. The van der Waals surface area contributed by atoms with Crippen LogP contribution >= 0.6 is 0 Å². The van der Waals surface area contributed by atoms with Gasteiger partial charge in [-0.2, -0.15) is 0 Å². The molecule has 176 valence electrons. The van der Waals surface area contributed by atoms with Crippen LogP contribution in [-0.2, 0) is 21.1 Å². The SMILES string of the molecule is Cc1oc2cc3oc(=O)c(CC(=O)N[C@@H]4CS(=O)(=O)C[C@@H]4O)c(C)c3cc2c1-c1ccccc1. The summed E-state index contributed by atoms with van der Waals surface area (Å²) in [5.74, 6) is -0.535. The zero-order valence-electron chi connectivity index (χ0n) is 18.6. The lowest BCUT2D eigenvalue weighted by Gasteiger charge is -2.15. The van der Waals surface area contributed by atoms with Crippen molar-refractivity contribution in [2.45, 2.75) is 32.4 Å². The van der Waals surface area contributed by atoms with Gasteiger partial charge in [0.05, 0.1) is 35.6 Å². The van der Waals surface area contributed by atoms with Gasteiger partial charge in [0.15, 0.2) is 9.84 Å². The molecule has 1 aliphatic heterocycles. The molecule has 2 N–H and O–H groups in total. The number of carbonyl (C=O) groups is 1. The average molecular weight is 482 g/mol. The zero-order chi connectivity index (χ0) is 24.2. The maximum absolute atomic E-state index is 12.7. The monoisotopic (exact) mass is 481 g/mol. The molecule has 2 aromatic heterocycles. The maximum atomic E-state index is 12.7. The summed E-state index contributed by atoms with van der Waals surface area (Å²) < 4.78 is 34.9. The van der Waals surface area contributed by atoms with E-state index in [4.69, 9.17) is 8.83 Å². The average Bonchev–Trinajstić information content (AvgIpc) is 3.23. The van der Waals surface area contributed by atoms with Crippen LogP contribution in [0, 0.1) is 13.8 Å². The fraction of sp³-hybridized carbons (Fsp3) is 0.280. The number of rotatable bonds is 4. The Kier molecular flexibility index (Phi) is 5.33. The molecule has 0 bridgehead atoms. The second-order valence-electron chi connectivity index (χ2n) is 8.73. The minimum Gasteiger partial charge on any atom is -0.461 e. The Morgan fingerprint density at radius 2 is 1.76 bits per heavy atom. The van der Waals surface area contributed by atoms with Gasteiger partial charge in [0, 0.05) is 22.4 Å².